The van der Waals surface area contributed by atoms with Gasteiger partial charge in [-0.2, -0.15) is 0 Å². The van der Waals surface area contributed by atoms with Gasteiger partial charge in [0.1, 0.15) is 12.4 Å². The molecule has 148 valence electrons. The molecule has 0 bridgehead atoms. The van der Waals surface area contributed by atoms with Crippen LogP contribution in [0.5, 0.6) is 5.75 Å². The summed E-state index contributed by atoms with van der Waals surface area (Å²) >= 11 is 6.01. The maximum atomic E-state index is 10.5. The molecule has 5 nitrogen and oxygen atoms in total. The Morgan fingerprint density at radius 2 is 2.00 bits per heavy atom. The van der Waals surface area contributed by atoms with E-state index in [-0.39, 0.29) is 24.7 Å². The van der Waals surface area contributed by atoms with Gasteiger partial charge in [-0.25, -0.2) is 0 Å². The van der Waals surface area contributed by atoms with Crippen molar-refractivity contribution in [2.45, 2.75) is 43.7 Å². The second kappa shape index (κ2) is 8.10. The highest BCUT2D eigenvalue weighted by molar-refractivity contribution is 6.30. The molecular weight excluding hydrogens is 368 g/mol. The lowest BCUT2D eigenvalue weighted by molar-refractivity contribution is -0.139. The molecule has 4 rings (SSSR count). The third-order valence-electron chi connectivity index (χ3n) is 6.08. The van der Waals surface area contributed by atoms with Gasteiger partial charge in [-0.05, 0) is 61.8 Å². The Kier molecular flexibility index (Phi) is 5.76. The molecule has 1 aromatic carbocycles. The van der Waals surface area contributed by atoms with Crippen molar-refractivity contribution in [1.82, 2.24) is 0 Å². The summed E-state index contributed by atoms with van der Waals surface area (Å²) < 4.78 is 17.6. The molecule has 3 fully saturated rings. The van der Waals surface area contributed by atoms with Gasteiger partial charge < -0.3 is 24.4 Å². The van der Waals surface area contributed by atoms with Gasteiger partial charge in [0, 0.05) is 10.9 Å². The number of hydrogen-bond acceptors (Lipinski definition) is 5. The van der Waals surface area contributed by atoms with Crippen LogP contribution in [0.2, 0.25) is 5.02 Å². The van der Waals surface area contributed by atoms with Gasteiger partial charge in [0.15, 0.2) is 0 Å². The Labute approximate surface area is 164 Å². The first-order valence-electron chi connectivity index (χ1n) is 9.76. The van der Waals surface area contributed by atoms with E-state index in [4.69, 9.17) is 25.8 Å². The molecule has 1 aromatic rings. The third-order valence-corrected chi connectivity index (χ3v) is 6.32. The van der Waals surface area contributed by atoms with E-state index in [2.05, 4.69) is 0 Å². The summed E-state index contributed by atoms with van der Waals surface area (Å²) in [6, 6.07) is 7.23. The van der Waals surface area contributed by atoms with E-state index in [0.29, 0.717) is 35.8 Å². The van der Waals surface area contributed by atoms with Crippen molar-refractivity contribution in [2.75, 3.05) is 19.8 Å². The number of ether oxygens (including phenoxy) is 3. The maximum absolute atomic E-state index is 10.5. The van der Waals surface area contributed by atoms with Crippen LogP contribution < -0.4 is 4.74 Å². The van der Waals surface area contributed by atoms with Gasteiger partial charge in [0.25, 0.3) is 0 Å². The summed E-state index contributed by atoms with van der Waals surface area (Å²) in [5.41, 5.74) is 0. The molecule has 0 spiro atoms. The van der Waals surface area contributed by atoms with Gasteiger partial charge in [0.05, 0.1) is 25.4 Å². The summed E-state index contributed by atoms with van der Waals surface area (Å²) in [4.78, 5) is 0. The van der Waals surface area contributed by atoms with Crippen LogP contribution in [0.1, 0.15) is 25.7 Å². The Bertz CT molecular complexity index is 672. The van der Waals surface area contributed by atoms with Crippen LogP contribution in [0.15, 0.2) is 36.4 Å². The van der Waals surface area contributed by atoms with Gasteiger partial charge >= 0.3 is 0 Å². The van der Waals surface area contributed by atoms with Crippen LogP contribution >= 0.6 is 11.6 Å². The zero-order valence-corrected chi connectivity index (χ0v) is 16.1. The van der Waals surface area contributed by atoms with E-state index in [0.717, 1.165) is 25.7 Å². The molecule has 3 aliphatic rings. The molecular formula is C21H27ClO5. The third kappa shape index (κ3) is 4.33. The van der Waals surface area contributed by atoms with Gasteiger partial charge in [-0.3, -0.25) is 0 Å². The molecule has 1 heterocycles. The number of benzene rings is 1. The van der Waals surface area contributed by atoms with Crippen molar-refractivity contribution in [2.24, 2.45) is 17.8 Å². The van der Waals surface area contributed by atoms with Gasteiger partial charge in [-0.1, -0.05) is 23.7 Å². The lowest BCUT2D eigenvalue weighted by Gasteiger charge is -2.31. The van der Waals surface area contributed by atoms with Crippen molar-refractivity contribution in [3.63, 3.8) is 0 Å². The van der Waals surface area contributed by atoms with Crippen molar-refractivity contribution in [3.8, 4) is 5.75 Å². The lowest BCUT2D eigenvalue weighted by Crippen LogP contribution is -2.36. The highest BCUT2D eigenvalue weighted by Gasteiger charge is 2.44. The van der Waals surface area contributed by atoms with Crippen LogP contribution in [-0.4, -0.2) is 48.0 Å². The Morgan fingerprint density at radius 3 is 2.78 bits per heavy atom. The molecule has 2 N–H and O–H groups in total. The molecule has 5 atom stereocenters. The Morgan fingerprint density at radius 1 is 1.19 bits per heavy atom. The Balaban J connectivity index is 1.44. The van der Waals surface area contributed by atoms with Gasteiger partial charge in [-0.15, -0.1) is 0 Å². The fourth-order valence-electron chi connectivity index (χ4n) is 4.76. The number of aliphatic hydroxyl groups excluding tert-OH is 2. The molecule has 0 radical (unpaired) electrons. The van der Waals surface area contributed by atoms with E-state index < -0.39 is 5.79 Å². The van der Waals surface area contributed by atoms with E-state index in [1.165, 1.54) is 0 Å². The minimum absolute atomic E-state index is 0.0679. The minimum atomic E-state index is -0.936. The van der Waals surface area contributed by atoms with Crippen LogP contribution in [-0.2, 0) is 9.47 Å². The fourth-order valence-corrected chi connectivity index (χ4v) is 4.94. The molecule has 1 aliphatic heterocycles. The zero-order chi connectivity index (χ0) is 18.9. The topological polar surface area (TPSA) is 68.2 Å². The summed E-state index contributed by atoms with van der Waals surface area (Å²) in [6.07, 6.45) is 6.66. The number of aliphatic hydroxyl groups is 2. The first-order chi connectivity index (χ1) is 13.0. The first-order valence-corrected chi connectivity index (χ1v) is 10.1. The molecule has 0 aromatic heterocycles. The normalized spacial score (nSPS) is 35.4. The number of hydrogen-bond donors (Lipinski definition) is 2. The van der Waals surface area contributed by atoms with Crippen LogP contribution in [0.25, 0.3) is 0 Å². The van der Waals surface area contributed by atoms with Crippen LogP contribution in [0.4, 0.5) is 0 Å². The van der Waals surface area contributed by atoms with Crippen molar-refractivity contribution < 1.29 is 24.4 Å². The summed E-state index contributed by atoms with van der Waals surface area (Å²) in [6.45, 7) is 1.24. The number of halogens is 1. The number of rotatable bonds is 5. The fraction of sp³-hybridized carbons (Fsp3) is 0.619. The zero-order valence-electron chi connectivity index (χ0n) is 15.3. The second-order valence-corrected chi connectivity index (χ2v) is 8.32. The molecule has 1 saturated heterocycles. The van der Waals surface area contributed by atoms with Crippen molar-refractivity contribution >= 4 is 11.6 Å². The predicted molar refractivity (Wildman–Crippen MR) is 102 cm³/mol. The maximum Gasteiger partial charge on any atom is 0.223 e. The quantitative estimate of drug-likeness (QED) is 0.751. The van der Waals surface area contributed by atoms with Crippen molar-refractivity contribution in [1.29, 1.82) is 0 Å². The molecule has 2 aliphatic carbocycles. The predicted octanol–water partition coefficient (Wildman–Crippen LogP) is 3.18. The molecule has 6 heteroatoms. The molecule has 1 unspecified atom stereocenters. The highest BCUT2D eigenvalue weighted by atomic mass is 35.5. The van der Waals surface area contributed by atoms with E-state index in [1.807, 2.05) is 24.3 Å². The van der Waals surface area contributed by atoms with E-state index >= 15 is 0 Å². The highest BCUT2D eigenvalue weighted by Crippen LogP contribution is 2.47. The summed E-state index contributed by atoms with van der Waals surface area (Å²) in [5, 5.41) is 21.1. The first kappa shape index (κ1) is 19.2. The second-order valence-electron chi connectivity index (χ2n) is 7.89. The summed E-state index contributed by atoms with van der Waals surface area (Å²) in [7, 11) is 0. The average Bonchev–Trinajstić information content (AvgIpc) is 3.22. The number of fused-ring (bicyclic) bond motifs is 1. The summed E-state index contributed by atoms with van der Waals surface area (Å²) in [5.74, 6) is 0.596. The van der Waals surface area contributed by atoms with Crippen molar-refractivity contribution in [3.05, 3.63) is 41.4 Å². The smallest absolute Gasteiger partial charge is 0.223 e. The minimum Gasteiger partial charge on any atom is -0.488 e. The molecule has 2 saturated carbocycles. The molecule has 27 heavy (non-hydrogen) atoms. The standard InChI is InChI=1S/C21H27ClO5/c22-15-2-1-3-17(12-15)25-13-21(26-8-9-27-21)7-6-19-18-5-4-16(23)10-14(18)11-20(19)24/h1-3,6-7,12,14,16,18-20,23-24H,4-5,8-11,13H2/b7-6+/t14-,16?,18-,19+,20+/m0/s1. The molecule has 0 amide bonds. The SMILES string of the molecule is OC1CC[C@H]2[C@@H](C1)C[C@@H](O)[C@@H]2/C=C/C1(COc2cccc(Cl)c2)OCCO1. The average molecular weight is 395 g/mol. The monoisotopic (exact) mass is 394 g/mol. The van der Waals surface area contributed by atoms with E-state index in [9.17, 15) is 10.2 Å². The van der Waals surface area contributed by atoms with E-state index in [1.54, 1.807) is 12.1 Å². The largest absolute Gasteiger partial charge is 0.488 e. The lowest BCUT2D eigenvalue weighted by atomic mass is 9.76. The van der Waals surface area contributed by atoms with Gasteiger partial charge in [0.2, 0.25) is 5.79 Å². The van der Waals surface area contributed by atoms with Crippen LogP contribution in [0.3, 0.4) is 0 Å². The van der Waals surface area contributed by atoms with Crippen LogP contribution in [0, 0.1) is 17.8 Å². The Hall–Kier alpha value is -1.11.